The molecular formula is C19H19F2N3O5. The van der Waals surface area contributed by atoms with Gasteiger partial charge in [-0.15, -0.1) is 0 Å². The number of aromatic nitrogens is 1. The minimum absolute atomic E-state index is 0.0906. The van der Waals surface area contributed by atoms with E-state index >= 15 is 0 Å². The van der Waals surface area contributed by atoms with Gasteiger partial charge in [0.15, 0.2) is 17.9 Å². The zero-order valence-electron chi connectivity index (χ0n) is 15.5. The molecule has 1 aliphatic heterocycles. The first kappa shape index (κ1) is 20.6. The van der Waals surface area contributed by atoms with Crippen molar-refractivity contribution in [3.05, 3.63) is 51.8 Å². The van der Waals surface area contributed by atoms with Crippen LogP contribution in [0.4, 0.5) is 14.5 Å². The molecule has 1 aromatic carbocycles. The average Bonchev–Trinajstić information content (AvgIpc) is 3.12. The SMILES string of the molecule is Cc1[nH]c(/C=C2\C(=O)Nc3ccc(F)c(F)c32)c(C)c1C(=O)NCC(O)C(O)O. The molecule has 10 heteroatoms. The van der Waals surface area contributed by atoms with E-state index < -0.39 is 42.4 Å². The summed E-state index contributed by atoms with van der Waals surface area (Å²) in [6.07, 6.45) is -2.23. The number of hydrogen-bond acceptors (Lipinski definition) is 5. The number of nitrogens with one attached hydrogen (secondary N) is 3. The third-order valence-corrected chi connectivity index (χ3v) is 4.66. The molecule has 29 heavy (non-hydrogen) atoms. The molecule has 3 rings (SSSR count). The van der Waals surface area contributed by atoms with E-state index in [9.17, 15) is 23.5 Å². The van der Waals surface area contributed by atoms with Crippen LogP contribution in [0.15, 0.2) is 12.1 Å². The van der Waals surface area contributed by atoms with Crippen LogP contribution in [-0.2, 0) is 4.79 Å². The van der Waals surface area contributed by atoms with Crippen molar-refractivity contribution in [1.82, 2.24) is 10.3 Å². The van der Waals surface area contributed by atoms with Crippen molar-refractivity contribution in [2.45, 2.75) is 26.2 Å². The van der Waals surface area contributed by atoms with E-state index in [2.05, 4.69) is 15.6 Å². The van der Waals surface area contributed by atoms with Crippen LogP contribution < -0.4 is 10.6 Å². The lowest BCUT2D eigenvalue weighted by Gasteiger charge is -2.13. The summed E-state index contributed by atoms with van der Waals surface area (Å²) in [6.45, 7) is 2.80. The molecule has 0 radical (unpaired) electrons. The normalized spacial score (nSPS) is 15.6. The van der Waals surface area contributed by atoms with Gasteiger partial charge in [0, 0.05) is 23.5 Å². The third-order valence-electron chi connectivity index (χ3n) is 4.66. The number of aromatic amines is 1. The van der Waals surface area contributed by atoms with Crippen molar-refractivity contribution in [1.29, 1.82) is 0 Å². The number of rotatable bonds is 5. The second-order valence-corrected chi connectivity index (χ2v) is 6.65. The van der Waals surface area contributed by atoms with E-state index in [1.54, 1.807) is 13.8 Å². The summed E-state index contributed by atoms with van der Waals surface area (Å²) in [5, 5.41) is 32.0. The highest BCUT2D eigenvalue weighted by molar-refractivity contribution is 6.35. The summed E-state index contributed by atoms with van der Waals surface area (Å²) in [4.78, 5) is 27.6. The maximum Gasteiger partial charge on any atom is 0.256 e. The standard InChI is InChI=1S/C19H19F2N3O5/c1-7-12(23-8(2)14(7)18(27)22-6-13(25)19(28)29)5-9-15-11(24-17(9)26)4-3-10(20)16(15)21/h3-5,13,19,23,25,28-29H,6H2,1-2H3,(H,22,27)(H,24,26)/b9-5-. The van der Waals surface area contributed by atoms with Gasteiger partial charge >= 0.3 is 0 Å². The van der Waals surface area contributed by atoms with Gasteiger partial charge in [-0.05, 0) is 37.6 Å². The summed E-state index contributed by atoms with van der Waals surface area (Å²) in [5.41, 5.74) is 1.30. The number of aliphatic hydroxyl groups is 3. The number of anilines is 1. The molecule has 1 aliphatic rings. The Morgan fingerprint density at radius 1 is 1.24 bits per heavy atom. The van der Waals surface area contributed by atoms with Crippen molar-refractivity contribution in [2.75, 3.05) is 11.9 Å². The number of benzene rings is 1. The Morgan fingerprint density at radius 2 is 1.93 bits per heavy atom. The number of aryl methyl sites for hydroxylation is 1. The molecule has 2 aromatic rings. The van der Waals surface area contributed by atoms with Gasteiger partial charge in [0.2, 0.25) is 0 Å². The van der Waals surface area contributed by atoms with Gasteiger partial charge in [-0.3, -0.25) is 9.59 Å². The van der Waals surface area contributed by atoms with Gasteiger partial charge in [0.1, 0.15) is 6.10 Å². The van der Waals surface area contributed by atoms with Crippen LogP contribution in [-0.4, -0.2) is 51.1 Å². The van der Waals surface area contributed by atoms with Crippen LogP contribution in [0.5, 0.6) is 0 Å². The van der Waals surface area contributed by atoms with E-state index in [-0.39, 0.29) is 22.4 Å². The van der Waals surface area contributed by atoms with Gasteiger partial charge in [-0.2, -0.15) is 0 Å². The number of fused-ring (bicyclic) bond motifs is 1. The topological polar surface area (TPSA) is 135 Å². The maximum atomic E-state index is 14.2. The highest BCUT2D eigenvalue weighted by Crippen LogP contribution is 2.36. The van der Waals surface area contributed by atoms with Gasteiger partial charge in [-0.1, -0.05) is 0 Å². The fourth-order valence-electron chi connectivity index (χ4n) is 3.15. The Bertz CT molecular complexity index is 1030. The molecule has 0 fully saturated rings. The average molecular weight is 407 g/mol. The Kier molecular flexibility index (Phi) is 5.51. The molecule has 0 bridgehead atoms. The van der Waals surface area contributed by atoms with E-state index in [0.29, 0.717) is 17.0 Å². The molecule has 154 valence electrons. The van der Waals surface area contributed by atoms with Gasteiger partial charge < -0.3 is 30.9 Å². The molecule has 1 atom stereocenters. The minimum atomic E-state index is -2.00. The molecule has 8 nitrogen and oxygen atoms in total. The number of amides is 2. The summed E-state index contributed by atoms with van der Waals surface area (Å²) in [6, 6.07) is 2.18. The highest BCUT2D eigenvalue weighted by Gasteiger charge is 2.30. The molecule has 0 aliphatic carbocycles. The second-order valence-electron chi connectivity index (χ2n) is 6.65. The predicted octanol–water partition coefficient (Wildman–Crippen LogP) is 0.804. The number of carbonyl (C=O) groups is 2. The van der Waals surface area contributed by atoms with Crippen molar-refractivity contribution < 1.29 is 33.7 Å². The molecule has 1 aromatic heterocycles. The van der Waals surface area contributed by atoms with Crippen LogP contribution in [0.2, 0.25) is 0 Å². The molecule has 2 heterocycles. The summed E-state index contributed by atoms with van der Waals surface area (Å²) in [7, 11) is 0. The largest absolute Gasteiger partial charge is 0.386 e. The quantitative estimate of drug-likeness (QED) is 0.322. The van der Waals surface area contributed by atoms with Crippen LogP contribution in [0.1, 0.15) is 32.9 Å². The summed E-state index contributed by atoms with van der Waals surface area (Å²) < 4.78 is 27.9. The number of aliphatic hydroxyl groups excluding tert-OH is 2. The van der Waals surface area contributed by atoms with Crippen molar-refractivity contribution in [3.63, 3.8) is 0 Å². The number of carbonyl (C=O) groups excluding carboxylic acids is 2. The lowest BCUT2D eigenvalue weighted by atomic mass is 10.0. The first-order valence-electron chi connectivity index (χ1n) is 8.64. The number of hydrogen-bond donors (Lipinski definition) is 6. The maximum absolute atomic E-state index is 14.2. The van der Waals surface area contributed by atoms with E-state index in [4.69, 9.17) is 10.2 Å². The molecule has 0 spiro atoms. The Balaban J connectivity index is 1.95. The number of H-pyrrole nitrogens is 1. The summed E-state index contributed by atoms with van der Waals surface area (Å²) in [5.74, 6) is -3.44. The molecule has 2 amide bonds. The lowest BCUT2D eigenvalue weighted by Crippen LogP contribution is -2.39. The third kappa shape index (κ3) is 3.77. The zero-order chi connectivity index (χ0) is 21.5. The van der Waals surface area contributed by atoms with E-state index in [1.165, 1.54) is 12.1 Å². The summed E-state index contributed by atoms with van der Waals surface area (Å²) >= 11 is 0. The van der Waals surface area contributed by atoms with Crippen molar-refractivity contribution in [3.8, 4) is 0 Å². The van der Waals surface area contributed by atoms with Gasteiger partial charge in [-0.25, -0.2) is 8.78 Å². The van der Waals surface area contributed by atoms with Crippen molar-refractivity contribution >= 4 is 29.2 Å². The zero-order valence-corrected chi connectivity index (χ0v) is 15.5. The van der Waals surface area contributed by atoms with Crippen LogP contribution in [0, 0.1) is 25.5 Å². The molecule has 0 saturated carbocycles. The molecule has 0 saturated heterocycles. The lowest BCUT2D eigenvalue weighted by molar-refractivity contribution is -0.119. The van der Waals surface area contributed by atoms with E-state index in [1.807, 2.05) is 0 Å². The fourth-order valence-corrected chi connectivity index (χ4v) is 3.15. The monoisotopic (exact) mass is 407 g/mol. The molecule has 1 unspecified atom stereocenters. The molecular weight excluding hydrogens is 388 g/mol. The second kappa shape index (κ2) is 7.74. The Labute approximate surface area is 163 Å². The smallest absolute Gasteiger partial charge is 0.256 e. The Hall–Kier alpha value is -3.08. The highest BCUT2D eigenvalue weighted by atomic mass is 19.2. The van der Waals surface area contributed by atoms with Crippen molar-refractivity contribution in [2.24, 2.45) is 0 Å². The van der Waals surface area contributed by atoms with Crippen LogP contribution >= 0.6 is 0 Å². The minimum Gasteiger partial charge on any atom is -0.386 e. The van der Waals surface area contributed by atoms with Gasteiger partial charge in [0.05, 0.1) is 16.8 Å². The van der Waals surface area contributed by atoms with Crippen LogP contribution in [0.25, 0.3) is 11.6 Å². The van der Waals surface area contributed by atoms with E-state index in [0.717, 1.165) is 6.07 Å². The fraction of sp³-hybridized carbons (Fsp3) is 0.263. The van der Waals surface area contributed by atoms with Gasteiger partial charge in [0.25, 0.3) is 11.8 Å². The number of halogens is 2. The van der Waals surface area contributed by atoms with Crippen LogP contribution in [0.3, 0.4) is 0 Å². The predicted molar refractivity (Wildman–Crippen MR) is 99.7 cm³/mol. The molecule has 6 N–H and O–H groups in total. The Morgan fingerprint density at radius 3 is 2.59 bits per heavy atom. The first-order chi connectivity index (χ1) is 13.6. The first-order valence-corrected chi connectivity index (χ1v) is 8.64.